The first-order valence-corrected chi connectivity index (χ1v) is 12.0. The second-order valence-electron chi connectivity index (χ2n) is 6.41. The maximum absolute atomic E-state index is 11.4. The lowest BCUT2D eigenvalue weighted by molar-refractivity contribution is 0.600. The number of primary sulfonamides is 1. The SMILES string of the molecule is CCNC(=NCc1ccc(S(N)(=O)=O)s1)NCC1(Sc2ccccc2)CC1.I. The monoisotopic (exact) mass is 552 g/mol. The van der Waals surface area contributed by atoms with Gasteiger partial charge in [-0.05, 0) is 44.0 Å². The second kappa shape index (κ2) is 10.3. The van der Waals surface area contributed by atoms with Crippen LogP contribution in [0.15, 0.2) is 56.6 Å². The van der Waals surface area contributed by atoms with Gasteiger partial charge in [-0.3, -0.25) is 0 Å². The van der Waals surface area contributed by atoms with E-state index in [0.29, 0.717) is 6.54 Å². The molecular weight excluding hydrogens is 527 g/mol. The van der Waals surface area contributed by atoms with E-state index in [4.69, 9.17) is 5.14 Å². The molecule has 1 saturated carbocycles. The molecule has 0 radical (unpaired) electrons. The van der Waals surface area contributed by atoms with Gasteiger partial charge >= 0.3 is 0 Å². The van der Waals surface area contributed by atoms with Crippen molar-refractivity contribution in [1.29, 1.82) is 0 Å². The molecule has 28 heavy (non-hydrogen) atoms. The third-order valence-corrected chi connectivity index (χ3v) is 8.12. The molecule has 10 heteroatoms. The van der Waals surface area contributed by atoms with Crippen LogP contribution in [0.3, 0.4) is 0 Å². The maximum Gasteiger partial charge on any atom is 0.247 e. The zero-order valence-electron chi connectivity index (χ0n) is 15.6. The molecule has 0 aliphatic heterocycles. The maximum atomic E-state index is 11.4. The van der Waals surface area contributed by atoms with Crippen molar-refractivity contribution in [3.8, 4) is 0 Å². The van der Waals surface area contributed by atoms with Crippen molar-refractivity contribution in [1.82, 2.24) is 10.6 Å². The molecule has 1 fully saturated rings. The summed E-state index contributed by atoms with van der Waals surface area (Å²) in [6.07, 6.45) is 2.36. The predicted octanol–water partition coefficient (Wildman–Crippen LogP) is 3.39. The van der Waals surface area contributed by atoms with Gasteiger partial charge in [0.15, 0.2) is 5.96 Å². The fourth-order valence-corrected chi connectivity index (χ4v) is 5.48. The summed E-state index contributed by atoms with van der Waals surface area (Å²) >= 11 is 3.07. The standard InChI is InChI=1S/C18H24N4O2S3.HI/c1-2-20-17(21-12-15-8-9-16(25-15)27(19,23)24)22-13-18(10-11-18)26-14-6-4-3-5-7-14;/h3-9H,2,10-13H2,1H3,(H2,19,23,24)(H2,20,21,22);1H. The average Bonchev–Trinajstić information content (AvgIpc) is 3.21. The molecule has 2 aromatic rings. The van der Waals surface area contributed by atoms with E-state index in [2.05, 4.69) is 39.9 Å². The van der Waals surface area contributed by atoms with E-state index in [1.54, 1.807) is 6.07 Å². The number of thioether (sulfide) groups is 1. The summed E-state index contributed by atoms with van der Waals surface area (Å²) in [5.41, 5.74) is 0. The lowest BCUT2D eigenvalue weighted by Gasteiger charge is -2.18. The summed E-state index contributed by atoms with van der Waals surface area (Å²) in [7, 11) is -3.65. The minimum absolute atomic E-state index is 0. The molecule has 4 N–H and O–H groups in total. The molecule has 0 unspecified atom stereocenters. The summed E-state index contributed by atoms with van der Waals surface area (Å²) in [5.74, 6) is 0.739. The van der Waals surface area contributed by atoms with Gasteiger partial charge in [-0.15, -0.1) is 47.1 Å². The van der Waals surface area contributed by atoms with Gasteiger partial charge in [0.1, 0.15) is 4.21 Å². The Bertz CT molecular complexity index is 897. The van der Waals surface area contributed by atoms with Crippen LogP contribution in [-0.4, -0.2) is 32.2 Å². The van der Waals surface area contributed by atoms with Gasteiger partial charge in [-0.2, -0.15) is 0 Å². The van der Waals surface area contributed by atoms with Crippen LogP contribution in [0.25, 0.3) is 0 Å². The van der Waals surface area contributed by atoms with Gasteiger partial charge in [-0.25, -0.2) is 18.5 Å². The molecule has 1 aromatic heterocycles. The van der Waals surface area contributed by atoms with Crippen molar-refractivity contribution in [2.24, 2.45) is 10.1 Å². The van der Waals surface area contributed by atoms with Crippen LogP contribution in [0.2, 0.25) is 0 Å². The first-order valence-electron chi connectivity index (χ1n) is 8.78. The Hall–Kier alpha value is -0.820. The van der Waals surface area contributed by atoms with Crippen molar-refractivity contribution < 1.29 is 8.42 Å². The highest BCUT2D eigenvalue weighted by atomic mass is 127. The van der Waals surface area contributed by atoms with Gasteiger partial charge < -0.3 is 10.6 Å². The van der Waals surface area contributed by atoms with Gasteiger partial charge in [0.2, 0.25) is 10.0 Å². The predicted molar refractivity (Wildman–Crippen MR) is 128 cm³/mol. The molecule has 0 spiro atoms. The van der Waals surface area contributed by atoms with Gasteiger partial charge in [0.25, 0.3) is 0 Å². The van der Waals surface area contributed by atoms with Crippen LogP contribution < -0.4 is 15.8 Å². The summed E-state index contributed by atoms with van der Waals surface area (Å²) < 4.78 is 23.2. The fourth-order valence-electron chi connectivity index (χ4n) is 2.53. The quantitative estimate of drug-likeness (QED) is 0.265. The number of guanidine groups is 1. The number of sulfonamides is 1. The lowest BCUT2D eigenvalue weighted by atomic mass is 10.4. The Morgan fingerprint density at radius 3 is 2.50 bits per heavy atom. The van der Waals surface area contributed by atoms with E-state index in [-0.39, 0.29) is 32.9 Å². The molecule has 0 atom stereocenters. The smallest absolute Gasteiger partial charge is 0.247 e. The number of halogens is 1. The molecule has 1 aromatic carbocycles. The first kappa shape index (κ1) is 23.5. The molecule has 1 aliphatic rings. The molecule has 0 amide bonds. The Labute approximate surface area is 191 Å². The Morgan fingerprint density at radius 2 is 1.93 bits per heavy atom. The molecule has 0 bridgehead atoms. The number of hydrogen-bond donors (Lipinski definition) is 3. The number of nitrogens with zero attached hydrogens (tertiary/aromatic N) is 1. The van der Waals surface area contributed by atoms with Gasteiger partial charge in [-0.1, -0.05) is 18.2 Å². The number of hydrogen-bond acceptors (Lipinski definition) is 5. The third-order valence-electron chi connectivity index (χ3n) is 4.12. The van der Waals surface area contributed by atoms with Crippen molar-refractivity contribution >= 4 is 63.1 Å². The summed E-state index contributed by atoms with van der Waals surface area (Å²) in [6, 6.07) is 13.7. The zero-order chi connectivity index (χ0) is 19.3. The number of aliphatic imine (C=N–C) groups is 1. The molecule has 3 rings (SSSR count). The number of thiophene rings is 1. The van der Waals surface area contributed by atoms with Crippen LogP contribution in [0.5, 0.6) is 0 Å². The van der Waals surface area contributed by atoms with Crippen LogP contribution in [0.1, 0.15) is 24.6 Å². The summed E-state index contributed by atoms with van der Waals surface area (Å²) in [5, 5.41) is 11.8. The number of benzene rings is 1. The van der Waals surface area contributed by atoms with Crippen molar-refractivity contribution in [2.45, 2.75) is 40.2 Å². The molecule has 154 valence electrons. The molecule has 6 nitrogen and oxygen atoms in total. The van der Waals surface area contributed by atoms with E-state index in [1.165, 1.54) is 23.8 Å². The Balaban J connectivity index is 0.00000280. The topological polar surface area (TPSA) is 96.6 Å². The Morgan fingerprint density at radius 1 is 1.21 bits per heavy atom. The van der Waals surface area contributed by atoms with Crippen molar-refractivity contribution in [3.05, 3.63) is 47.3 Å². The second-order valence-corrected chi connectivity index (χ2v) is 10.9. The molecule has 0 saturated heterocycles. The fraction of sp³-hybridized carbons (Fsp3) is 0.389. The zero-order valence-corrected chi connectivity index (χ0v) is 20.3. The van der Waals surface area contributed by atoms with Gasteiger partial charge in [0, 0.05) is 27.6 Å². The average molecular weight is 553 g/mol. The van der Waals surface area contributed by atoms with Crippen LogP contribution >= 0.6 is 47.1 Å². The highest BCUT2D eigenvalue weighted by Crippen LogP contribution is 2.51. The Kier molecular flexibility index (Phi) is 8.61. The highest BCUT2D eigenvalue weighted by molar-refractivity contribution is 14.0. The van der Waals surface area contributed by atoms with Crippen LogP contribution in [0, 0.1) is 0 Å². The van der Waals surface area contributed by atoms with E-state index < -0.39 is 10.0 Å². The molecule has 1 aliphatic carbocycles. The minimum atomic E-state index is -3.65. The number of rotatable bonds is 8. The van der Waals surface area contributed by atoms with Crippen molar-refractivity contribution in [2.75, 3.05) is 13.1 Å². The van der Waals surface area contributed by atoms with Crippen LogP contribution in [-0.2, 0) is 16.6 Å². The first-order chi connectivity index (χ1) is 12.9. The highest BCUT2D eigenvalue weighted by Gasteiger charge is 2.43. The third kappa shape index (κ3) is 6.90. The minimum Gasteiger partial charge on any atom is -0.357 e. The molecule has 1 heterocycles. The van der Waals surface area contributed by atoms with Gasteiger partial charge in [0.05, 0.1) is 6.54 Å². The van der Waals surface area contributed by atoms with E-state index in [0.717, 1.165) is 35.3 Å². The number of nitrogens with one attached hydrogen (secondary N) is 2. The van der Waals surface area contributed by atoms with Crippen LogP contribution in [0.4, 0.5) is 0 Å². The number of nitrogens with two attached hydrogens (primary N) is 1. The molecular formula is C18H25IN4O2S3. The van der Waals surface area contributed by atoms with E-state index >= 15 is 0 Å². The summed E-state index contributed by atoms with van der Waals surface area (Å²) in [4.78, 5) is 6.72. The van der Waals surface area contributed by atoms with E-state index in [1.807, 2.05) is 24.8 Å². The van der Waals surface area contributed by atoms with E-state index in [9.17, 15) is 8.42 Å². The lowest BCUT2D eigenvalue weighted by Crippen LogP contribution is -2.41. The normalized spacial score (nSPS) is 15.6. The largest absolute Gasteiger partial charge is 0.357 e. The van der Waals surface area contributed by atoms with Crippen molar-refractivity contribution in [3.63, 3.8) is 0 Å². The summed E-state index contributed by atoms with van der Waals surface area (Å²) in [6.45, 7) is 4.03.